The van der Waals surface area contributed by atoms with Gasteiger partial charge in [-0.05, 0) is 38.2 Å². The lowest BCUT2D eigenvalue weighted by molar-refractivity contribution is -0.115. The number of rotatable bonds is 12. The van der Waals surface area contributed by atoms with Gasteiger partial charge in [0.2, 0.25) is 0 Å². The van der Waals surface area contributed by atoms with Gasteiger partial charge in [0.1, 0.15) is 18.1 Å². The molecule has 0 saturated heterocycles. The number of carbonyl (C=O) groups is 2. The Labute approximate surface area is 222 Å². The fourth-order valence-electron chi connectivity index (χ4n) is 4.20. The third-order valence-electron chi connectivity index (χ3n) is 6.46. The molecule has 1 aliphatic carbocycles. The molecule has 0 atom stereocenters. The van der Waals surface area contributed by atoms with Crippen LogP contribution in [0.1, 0.15) is 91.1 Å². The lowest BCUT2D eigenvalue weighted by Crippen LogP contribution is -2.39. The summed E-state index contributed by atoms with van der Waals surface area (Å²) in [5, 5.41) is 4.78. The smallest absolute Gasteiger partial charge is 0.361 e. The number of pyridine rings is 1. The second kappa shape index (κ2) is 12.8. The molecule has 2 heterocycles. The number of aromatic nitrogens is 2. The Balaban J connectivity index is 2.05. The number of halogens is 5. The predicted molar refractivity (Wildman–Crippen MR) is 136 cm³/mol. The van der Waals surface area contributed by atoms with Crippen molar-refractivity contribution in [1.29, 1.82) is 0 Å². The summed E-state index contributed by atoms with van der Waals surface area (Å²) in [4.78, 5) is 36.2. The Morgan fingerprint density at radius 2 is 1.84 bits per heavy atom. The molecule has 0 radical (unpaired) electrons. The minimum Gasteiger partial charge on any atom is -0.361 e. The van der Waals surface area contributed by atoms with E-state index >= 15 is 0 Å². The van der Waals surface area contributed by atoms with E-state index in [2.05, 4.69) is 15.3 Å². The van der Waals surface area contributed by atoms with Crippen LogP contribution < -0.4 is 10.6 Å². The minimum atomic E-state index is -4.57. The van der Waals surface area contributed by atoms with E-state index in [4.69, 9.17) is 0 Å². The molecular formula is C25H32F5N5O2S. The van der Waals surface area contributed by atoms with Crippen LogP contribution >= 0.6 is 11.3 Å². The monoisotopic (exact) mass is 561 g/mol. The SMILES string of the molecule is CCCC(CCC)N(C)C(=O)c1nc(C(=O)NC2CCC2)sc1-c1cnc(NCC(F)(F)F)cc1C(F)F. The highest BCUT2D eigenvalue weighted by molar-refractivity contribution is 7.17. The Bertz CT molecular complexity index is 1110. The molecule has 3 rings (SSSR count). The van der Waals surface area contributed by atoms with Crippen LogP contribution in [0.4, 0.5) is 27.8 Å². The van der Waals surface area contributed by atoms with E-state index in [-0.39, 0.29) is 39.0 Å². The highest BCUT2D eigenvalue weighted by Gasteiger charge is 2.32. The van der Waals surface area contributed by atoms with Crippen molar-refractivity contribution in [1.82, 2.24) is 20.2 Å². The van der Waals surface area contributed by atoms with Crippen LogP contribution in [0, 0.1) is 0 Å². The van der Waals surface area contributed by atoms with Gasteiger partial charge in [0.05, 0.1) is 4.88 Å². The van der Waals surface area contributed by atoms with Crippen molar-refractivity contribution in [3.8, 4) is 10.4 Å². The van der Waals surface area contributed by atoms with Gasteiger partial charge in [-0.15, -0.1) is 11.3 Å². The van der Waals surface area contributed by atoms with E-state index in [1.54, 1.807) is 7.05 Å². The molecule has 210 valence electrons. The number of alkyl halides is 5. The van der Waals surface area contributed by atoms with Gasteiger partial charge >= 0.3 is 6.18 Å². The summed E-state index contributed by atoms with van der Waals surface area (Å²) in [5.41, 5.74) is -0.931. The van der Waals surface area contributed by atoms with Gasteiger partial charge in [-0.2, -0.15) is 13.2 Å². The molecule has 2 aromatic rings. The summed E-state index contributed by atoms with van der Waals surface area (Å²) in [6.07, 6.45) is -0.918. The molecule has 1 aliphatic rings. The van der Waals surface area contributed by atoms with Crippen LogP contribution in [0.5, 0.6) is 0 Å². The maximum Gasteiger partial charge on any atom is 0.405 e. The fourth-order valence-corrected chi connectivity index (χ4v) is 5.20. The molecule has 0 aromatic carbocycles. The number of nitrogens with one attached hydrogen (secondary N) is 2. The summed E-state index contributed by atoms with van der Waals surface area (Å²) in [6.45, 7) is 2.54. The number of thiazole rings is 1. The normalized spacial score (nSPS) is 14.1. The first-order valence-electron chi connectivity index (χ1n) is 12.6. The second-order valence-corrected chi connectivity index (χ2v) is 10.4. The molecule has 1 fully saturated rings. The Morgan fingerprint density at radius 3 is 2.37 bits per heavy atom. The second-order valence-electron chi connectivity index (χ2n) is 9.37. The zero-order chi connectivity index (χ0) is 28.0. The number of carbonyl (C=O) groups excluding carboxylic acids is 2. The van der Waals surface area contributed by atoms with E-state index in [0.29, 0.717) is 0 Å². The van der Waals surface area contributed by atoms with Gasteiger partial charge in [-0.25, -0.2) is 18.7 Å². The minimum absolute atomic E-state index is 0.00699. The van der Waals surface area contributed by atoms with Gasteiger partial charge in [-0.1, -0.05) is 26.7 Å². The van der Waals surface area contributed by atoms with Crippen molar-refractivity contribution in [2.75, 3.05) is 18.9 Å². The fraction of sp³-hybridized carbons (Fsp3) is 0.600. The predicted octanol–water partition coefficient (Wildman–Crippen LogP) is 6.44. The summed E-state index contributed by atoms with van der Waals surface area (Å²) in [6, 6.07) is 0.711. The first-order chi connectivity index (χ1) is 17.9. The molecule has 13 heteroatoms. The molecule has 0 unspecified atom stereocenters. The maximum atomic E-state index is 14.1. The van der Waals surface area contributed by atoms with Gasteiger partial charge < -0.3 is 15.5 Å². The van der Waals surface area contributed by atoms with E-state index < -0.39 is 36.5 Å². The van der Waals surface area contributed by atoms with Crippen LogP contribution in [0.25, 0.3) is 10.4 Å². The van der Waals surface area contributed by atoms with Crippen LogP contribution in [-0.2, 0) is 0 Å². The highest BCUT2D eigenvalue weighted by Crippen LogP contribution is 2.38. The topological polar surface area (TPSA) is 87.2 Å². The van der Waals surface area contributed by atoms with Crippen molar-refractivity contribution >= 4 is 29.0 Å². The van der Waals surface area contributed by atoms with E-state index in [9.17, 15) is 31.5 Å². The first-order valence-corrected chi connectivity index (χ1v) is 13.4. The quantitative estimate of drug-likeness (QED) is 0.291. The van der Waals surface area contributed by atoms with Crippen LogP contribution in [0.2, 0.25) is 0 Å². The largest absolute Gasteiger partial charge is 0.405 e. The molecule has 2 N–H and O–H groups in total. The van der Waals surface area contributed by atoms with Crippen molar-refractivity contribution in [3.63, 3.8) is 0 Å². The van der Waals surface area contributed by atoms with Crippen molar-refractivity contribution in [2.45, 2.75) is 83.5 Å². The lowest BCUT2D eigenvalue weighted by Gasteiger charge is -2.27. The summed E-state index contributed by atoms with van der Waals surface area (Å²) < 4.78 is 66.1. The molecule has 1 saturated carbocycles. The third-order valence-corrected chi connectivity index (χ3v) is 7.55. The first kappa shape index (κ1) is 29.7. The van der Waals surface area contributed by atoms with Crippen LogP contribution in [0.3, 0.4) is 0 Å². The zero-order valence-corrected chi connectivity index (χ0v) is 22.3. The average molecular weight is 562 g/mol. The molecule has 7 nitrogen and oxygen atoms in total. The number of nitrogens with zero attached hydrogens (tertiary/aromatic N) is 3. The summed E-state index contributed by atoms with van der Waals surface area (Å²) >= 11 is 0.792. The lowest BCUT2D eigenvalue weighted by atomic mass is 9.93. The van der Waals surface area contributed by atoms with Crippen molar-refractivity contribution in [3.05, 3.63) is 28.5 Å². The van der Waals surface area contributed by atoms with Crippen LogP contribution in [0.15, 0.2) is 12.3 Å². The molecule has 0 aliphatic heterocycles. The van der Waals surface area contributed by atoms with Gasteiger partial charge in [0.25, 0.3) is 18.2 Å². The van der Waals surface area contributed by atoms with E-state index in [0.717, 1.165) is 68.5 Å². The van der Waals surface area contributed by atoms with Gasteiger partial charge in [-0.3, -0.25) is 9.59 Å². The molecule has 2 aromatic heterocycles. The zero-order valence-electron chi connectivity index (χ0n) is 21.5. The molecule has 0 bridgehead atoms. The number of anilines is 1. The highest BCUT2D eigenvalue weighted by atomic mass is 32.1. The van der Waals surface area contributed by atoms with Crippen molar-refractivity contribution in [2.24, 2.45) is 0 Å². The van der Waals surface area contributed by atoms with E-state index in [1.807, 2.05) is 19.2 Å². The summed E-state index contributed by atoms with van der Waals surface area (Å²) in [5.74, 6) is -1.41. The number of hydrogen-bond donors (Lipinski definition) is 2. The molecule has 2 amide bonds. The Kier molecular flexibility index (Phi) is 10.0. The number of amides is 2. The average Bonchev–Trinajstić information content (AvgIpc) is 3.28. The van der Waals surface area contributed by atoms with E-state index in [1.165, 1.54) is 4.90 Å². The standard InChI is InChI=1S/C25H32F5N5O2S/c1-4-7-15(8-5-2)35(3)24(37)19-20(38-23(34-19)22(36)33-14-9-6-10-14)17-12-31-18(11-16(17)21(26)27)32-13-25(28,29)30/h11-12,14-15,21H,4-10,13H2,1-3H3,(H,31,32)(H,33,36). The van der Waals surface area contributed by atoms with Gasteiger partial charge in [0.15, 0.2) is 5.01 Å². The molecular weight excluding hydrogens is 529 g/mol. The Hall–Kier alpha value is -2.83. The summed E-state index contributed by atoms with van der Waals surface area (Å²) in [7, 11) is 1.62. The molecule has 0 spiro atoms. The third kappa shape index (κ3) is 7.39. The van der Waals surface area contributed by atoms with Crippen molar-refractivity contribution < 1.29 is 31.5 Å². The maximum absolute atomic E-state index is 14.1. The molecule has 38 heavy (non-hydrogen) atoms. The Morgan fingerprint density at radius 1 is 1.18 bits per heavy atom. The number of hydrogen-bond acceptors (Lipinski definition) is 6. The van der Waals surface area contributed by atoms with Crippen LogP contribution in [-0.4, -0.2) is 58.5 Å². The van der Waals surface area contributed by atoms with Gasteiger partial charge in [0, 0.05) is 36.5 Å².